The topological polar surface area (TPSA) is 95.8 Å². The normalized spacial score (nSPS) is 13.9. The number of rotatable bonds is 8. The first-order valence-electron chi connectivity index (χ1n) is 10.8. The van der Waals surface area contributed by atoms with E-state index in [1.54, 1.807) is 18.2 Å². The molecule has 0 bridgehead atoms. The molecule has 2 aromatic rings. The van der Waals surface area contributed by atoms with Crippen molar-refractivity contribution in [2.45, 2.75) is 26.2 Å². The number of carbonyl (C=O) groups is 2. The van der Waals surface area contributed by atoms with Crippen LogP contribution in [0.1, 0.15) is 31.7 Å². The van der Waals surface area contributed by atoms with Crippen LogP contribution in [0, 0.1) is 10.1 Å². The lowest BCUT2D eigenvalue weighted by molar-refractivity contribution is -0.384. The molecule has 0 aromatic heterocycles. The molecular weight excluding hydrogens is 408 g/mol. The average Bonchev–Trinajstić information content (AvgIpc) is 2.82. The van der Waals surface area contributed by atoms with Gasteiger partial charge in [0, 0.05) is 62.2 Å². The Kier molecular flexibility index (Phi) is 7.96. The Morgan fingerprint density at radius 2 is 1.69 bits per heavy atom. The Hall–Kier alpha value is -3.68. The molecule has 0 spiro atoms. The van der Waals surface area contributed by atoms with Crippen LogP contribution >= 0.6 is 0 Å². The van der Waals surface area contributed by atoms with Gasteiger partial charge in [-0.05, 0) is 54.5 Å². The number of hydrogen-bond donors (Lipinski definition) is 1. The lowest BCUT2D eigenvalue weighted by atomic mass is 10.2. The van der Waals surface area contributed by atoms with Crippen LogP contribution in [0.15, 0.2) is 54.6 Å². The summed E-state index contributed by atoms with van der Waals surface area (Å²) < 4.78 is 0. The quantitative estimate of drug-likeness (QED) is 0.382. The molecule has 1 fully saturated rings. The molecule has 32 heavy (non-hydrogen) atoms. The molecule has 8 nitrogen and oxygen atoms in total. The number of carbonyl (C=O) groups excluding carboxylic acids is 2. The molecule has 0 aliphatic carbocycles. The standard InChI is InChI=1S/C24H28N4O4/c1-2-3-4-24(30)27-17-15-26(16-18-27)21-12-8-20(9-13-21)25-23(29)14-7-19-5-10-22(11-6-19)28(31)32/h5-14H,2-4,15-18H2,1H3,(H,25,29). The van der Waals surface area contributed by atoms with Gasteiger partial charge in [0.15, 0.2) is 0 Å². The Labute approximate surface area is 187 Å². The monoisotopic (exact) mass is 436 g/mol. The number of anilines is 2. The van der Waals surface area contributed by atoms with Crippen LogP contribution in [0.25, 0.3) is 6.08 Å². The van der Waals surface area contributed by atoms with Gasteiger partial charge in [-0.2, -0.15) is 0 Å². The van der Waals surface area contributed by atoms with Gasteiger partial charge in [0.25, 0.3) is 5.69 Å². The molecule has 8 heteroatoms. The van der Waals surface area contributed by atoms with E-state index in [0.717, 1.165) is 44.7 Å². The maximum Gasteiger partial charge on any atom is 0.269 e. The minimum atomic E-state index is -0.461. The van der Waals surface area contributed by atoms with Gasteiger partial charge in [0.1, 0.15) is 0 Å². The smallest absolute Gasteiger partial charge is 0.269 e. The number of nitrogens with one attached hydrogen (secondary N) is 1. The van der Waals surface area contributed by atoms with Gasteiger partial charge in [-0.25, -0.2) is 0 Å². The summed E-state index contributed by atoms with van der Waals surface area (Å²) in [5.74, 6) is -0.0401. The fourth-order valence-corrected chi connectivity index (χ4v) is 3.52. The first-order chi connectivity index (χ1) is 15.5. The van der Waals surface area contributed by atoms with E-state index in [1.165, 1.54) is 18.2 Å². The minimum absolute atomic E-state index is 0.0104. The van der Waals surface area contributed by atoms with E-state index in [9.17, 15) is 19.7 Å². The third-order valence-corrected chi connectivity index (χ3v) is 5.41. The molecule has 168 valence electrons. The van der Waals surface area contributed by atoms with Gasteiger partial charge < -0.3 is 15.1 Å². The summed E-state index contributed by atoms with van der Waals surface area (Å²) in [6.07, 6.45) is 5.60. The number of benzene rings is 2. The van der Waals surface area contributed by atoms with E-state index in [4.69, 9.17) is 0 Å². The Morgan fingerprint density at radius 3 is 2.28 bits per heavy atom. The molecule has 1 aliphatic rings. The molecule has 1 N–H and O–H groups in total. The molecule has 3 rings (SSSR count). The number of unbranched alkanes of at least 4 members (excludes halogenated alkanes) is 1. The highest BCUT2D eigenvalue weighted by molar-refractivity contribution is 6.02. The number of non-ortho nitro benzene ring substituents is 1. The molecule has 2 aromatic carbocycles. The Morgan fingerprint density at radius 1 is 1.03 bits per heavy atom. The average molecular weight is 437 g/mol. The summed E-state index contributed by atoms with van der Waals surface area (Å²) in [6.45, 7) is 5.14. The van der Waals surface area contributed by atoms with Crippen LogP contribution in [0.4, 0.5) is 17.1 Å². The van der Waals surface area contributed by atoms with Gasteiger partial charge in [0.05, 0.1) is 4.92 Å². The van der Waals surface area contributed by atoms with Gasteiger partial charge in [-0.3, -0.25) is 19.7 Å². The highest BCUT2D eigenvalue weighted by Crippen LogP contribution is 2.20. The van der Waals surface area contributed by atoms with E-state index in [2.05, 4.69) is 17.1 Å². The van der Waals surface area contributed by atoms with E-state index in [1.807, 2.05) is 29.2 Å². The zero-order valence-electron chi connectivity index (χ0n) is 18.2. The van der Waals surface area contributed by atoms with Crippen molar-refractivity contribution in [3.63, 3.8) is 0 Å². The molecule has 1 heterocycles. The second kappa shape index (κ2) is 11.1. The summed E-state index contributed by atoms with van der Waals surface area (Å²) in [6, 6.07) is 13.6. The number of piperazine rings is 1. The third-order valence-electron chi connectivity index (χ3n) is 5.41. The molecular formula is C24H28N4O4. The van der Waals surface area contributed by atoms with E-state index in [0.29, 0.717) is 17.7 Å². The Balaban J connectivity index is 1.48. The number of nitrogens with zero attached hydrogens (tertiary/aromatic N) is 3. The van der Waals surface area contributed by atoms with Gasteiger partial charge in [-0.1, -0.05) is 13.3 Å². The summed E-state index contributed by atoms with van der Waals surface area (Å²) >= 11 is 0. The highest BCUT2D eigenvalue weighted by atomic mass is 16.6. The third kappa shape index (κ3) is 6.41. The largest absolute Gasteiger partial charge is 0.368 e. The summed E-state index contributed by atoms with van der Waals surface area (Å²) in [4.78, 5) is 38.7. The lowest BCUT2D eigenvalue weighted by Gasteiger charge is -2.36. The van der Waals surface area contributed by atoms with Crippen LogP contribution < -0.4 is 10.2 Å². The van der Waals surface area contributed by atoms with Crippen molar-refractivity contribution in [2.75, 3.05) is 36.4 Å². The molecule has 1 aliphatic heterocycles. The van der Waals surface area contributed by atoms with E-state index in [-0.39, 0.29) is 17.5 Å². The SMILES string of the molecule is CCCCC(=O)N1CCN(c2ccc(NC(=O)C=Cc3ccc([N+](=O)[O-])cc3)cc2)CC1. The van der Waals surface area contributed by atoms with E-state index < -0.39 is 4.92 Å². The molecule has 0 atom stereocenters. The van der Waals surface area contributed by atoms with Crippen molar-refractivity contribution in [3.8, 4) is 0 Å². The van der Waals surface area contributed by atoms with Crippen molar-refractivity contribution >= 4 is 35.0 Å². The fourth-order valence-electron chi connectivity index (χ4n) is 3.52. The second-order valence-corrected chi connectivity index (χ2v) is 7.69. The first kappa shape index (κ1) is 23.0. The van der Waals surface area contributed by atoms with Crippen LogP contribution in [-0.4, -0.2) is 47.8 Å². The van der Waals surface area contributed by atoms with Crippen molar-refractivity contribution in [2.24, 2.45) is 0 Å². The molecule has 0 radical (unpaired) electrons. The molecule has 0 saturated carbocycles. The predicted octanol–water partition coefficient (Wildman–Crippen LogP) is 4.09. The van der Waals surface area contributed by atoms with Crippen LogP contribution in [0.3, 0.4) is 0 Å². The maximum atomic E-state index is 12.2. The minimum Gasteiger partial charge on any atom is -0.368 e. The second-order valence-electron chi connectivity index (χ2n) is 7.69. The molecule has 0 unspecified atom stereocenters. The molecule has 1 saturated heterocycles. The van der Waals surface area contributed by atoms with Gasteiger partial charge in [-0.15, -0.1) is 0 Å². The number of nitro groups is 1. The van der Waals surface area contributed by atoms with Crippen LogP contribution in [-0.2, 0) is 9.59 Å². The summed E-state index contributed by atoms with van der Waals surface area (Å²) in [5.41, 5.74) is 2.45. The zero-order valence-corrected chi connectivity index (χ0v) is 18.2. The predicted molar refractivity (Wildman–Crippen MR) is 126 cm³/mol. The van der Waals surface area contributed by atoms with E-state index >= 15 is 0 Å². The highest BCUT2D eigenvalue weighted by Gasteiger charge is 2.20. The zero-order chi connectivity index (χ0) is 22.9. The number of nitro benzene ring substituents is 1. The lowest BCUT2D eigenvalue weighted by Crippen LogP contribution is -2.48. The maximum absolute atomic E-state index is 12.2. The van der Waals surface area contributed by atoms with Gasteiger partial charge >= 0.3 is 0 Å². The fraction of sp³-hybridized carbons (Fsp3) is 0.333. The number of amides is 2. The van der Waals surface area contributed by atoms with Crippen molar-refractivity contribution in [3.05, 3.63) is 70.3 Å². The number of hydrogen-bond acceptors (Lipinski definition) is 5. The van der Waals surface area contributed by atoms with Crippen molar-refractivity contribution in [1.82, 2.24) is 4.90 Å². The van der Waals surface area contributed by atoms with Gasteiger partial charge in [0.2, 0.25) is 11.8 Å². The van der Waals surface area contributed by atoms with Crippen molar-refractivity contribution in [1.29, 1.82) is 0 Å². The summed E-state index contributed by atoms with van der Waals surface area (Å²) in [7, 11) is 0. The first-order valence-corrected chi connectivity index (χ1v) is 10.8. The summed E-state index contributed by atoms with van der Waals surface area (Å²) in [5, 5.41) is 13.5. The molecule has 2 amide bonds. The van der Waals surface area contributed by atoms with Crippen LogP contribution in [0.5, 0.6) is 0 Å². The Bertz CT molecular complexity index is 962. The van der Waals surface area contributed by atoms with Crippen molar-refractivity contribution < 1.29 is 14.5 Å². The van der Waals surface area contributed by atoms with Crippen LogP contribution in [0.2, 0.25) is 0 Å².